The Morgan fingerprint density at radius 3 is 2.36 bits per heavy atom. The summed E-state index contributed by atoms with van der Waals surface area (Å²) in [6, 6.07) is 19.6. The van der Waals surface area contributed by atoms with Crippen molar-refractivity contribution < 1.29 is 9.18 Å². The molecular weight excluding hydrogens is 505 g/mol. The molecule has 6 rings (SSSR count). The van der Waals surface area contributed by atoms with Crippen LogP contribution in [0.1, 0.15) is 80.5 Å². The predicted molar refractivity (Wildman–Crippen MR) is 159 cm³/mol. The van der Waals surface area contributed by atoms with Crippen molar-refractivity contribution in [2.75, 3.05) is 0 Å². The Balaban J connectivity index is 0.000000233. The normalized spacial score (nSPS) is 22.4. The molecule has 0 N–H and O–H groups in total. The maximum Gasteiger partial charge on any atom is 0.221 e. The zero-order valence-electron chi connectivity index (χ0n) is 22.9. The molecule has 0 spiro atoms. The van der Waals surface area contributed by atoms with E-state index in [1.165, 1.54) is 60.1 Å². The van der Waals surface area contributed by atoms with Crippen LogP contribution in [-0.4, -0.2) is 10.1 Å². The Morgan fingerprint density at radius 2 is 1.74 bits per heavy atom. The fourth-order valence-corrected chi connectivity index (χ4v) is 6.13. The molecule has 4 aliphatic rings. The summed E-state index contributed by atoms with van der Waals surface area (Å²) < 4.78 is 13.8. The minimum absolute atomic E-state index is 0.124. The minimum atomic E-state index is -0.280. The van der Waals surface area contributed by atoms with Crippen molar-refractivity contribution in [2.24, 2.45) is 11.8 Å². The molecule has 4 heteroatoms. The first kappa shape index (κ1) is 27.6. The van der Waals surface area contributed by atoms with E-state index in [1.54, 1.807) is 6.08 Å². The highest BCUT2D eigenvalue weighted by molar-refractivity contribution is 6.63. The monoisotopic (exact) mass is 543 g/mol. The van der Waals surface area contributed by atoms with Crippen molar-refractivity contribution in [3.8, 4) is 0 Å². The summed E-state index contributed by atoms with van der Waals surface area (Å²) in [7, 11) is 0. The summed E-state index contributed by atoms with van der Waals surface area (Å²) in [6.07, 6.45) is 17.9. The summed E-state index contributed by atoms with van der Waals surface area (Å²) in [5.41, 5.74) is 7.76. The van der Waals surface area contributed by atoms with Gasteiger partial charge >= 0.3 is 0 Å². The van der Waals surface area contributed by atoms with E-state index in [0.717, 1.165) is 30.9 Å². The van der Waals surface area contributed by atoms with Crippen molar-refractivity contribution in [3.05, 3.63) is 118 Å². The summed E-state index contributed by atoms with van der Waals surface area (Å²) in [6.45, 7) is 2.08. The molecule has 204 valence electrons. The Hall–Kier alpha value is -2.91. The summed E-state index contributed by atoms with van der Waals surface area (Å²) in [5.74, 6) is 1.14. The second-order valence-electron chi connectivity index (χ2n) is 11.4. The van der Waals surface area contributed by atoms with Gasteiger partial charge in [0.2, 0.25) is 5.24 Å². The number of carbonyl (C=O) groups excluding carboxylic acids is 1. The van der Waals surface area contributed by atoms with Gasteiger partial charge in [-0.15, -0.1) is 0 Å². The van der Waals surface area contributed by atoms with Gasteiger partial charge in [-0.2, -0.15) is 0 Å². The Morgan fingerprint density at radius 1 is 1.00 bits per heavy atom. The van der Waals surface area contributed by atoms with E-state index < -0.39 is 0 Å². The molecule has 39 heavy (non-hydrogen) atoms. The first-order chi connectivity index (χ1) is 19.0. The maximum atomic E-state index is 13.8. The van der Waals surface area contributed by atoms with Gasteiger partial charge < -0.3 is 4.90 Å². The molecule has 1 heterocycles. The van der Waals surface area contributed by atoms with Crippen LogP contribution >= 0.6 is 11.6 Å². The van der Waals surface area contributed by atoms with Gasteiger partial charge in [-0.3, -0.25) is 4.79 Å². The molecule has 2 aromatic rings. The number of benzene rings is 2. The smallest absolute Gasteiger partial charge is 0.221 e. The molecule has 1 saturated heterocycles. The number of carbonyl (C=O) groups is 1. The first-order valence-corrected chi connectivity index (χ1v) is 14.9. The van der Waals surface area contributed by atoms with Crippen LogP contribution in [0.4, 0.5) is 4.39 Å². The van der Waals surface area contributed by atoms with Crippen LogP contribution in [0.25, 0.3) is 0 Å². The van der Waals surface area contributed by atoms with Crippen molar-refractivity contribution in [1.29, 1.82) is 0 Å². The lowest BCUT2D eigenvalue weighted by Gasteiger charge is -2.55. The second kappa shape index (κ2) is 13.0. The Kier molecular flexibility index (Phi) is 9.19. The summed E-state index contributed by atoms with van der Waals surface area (Å²) >= 11 is 5.67. The molecule has 3 fully saturated rings. The van der Waals surface area contributed by atoms with Gasteiger partial charge in [0, 0.05) is 30.2 Å². The van der Waals surface area contributed by atoms with E-state index in [2.05, 4.69) is 66.4 Å². The van der Waals surface area contributed by atoms with Crippen molar-refractivity contribution in [3.63, 3.8) is 0 Å². The molecule has 1 aliphatic heterocycles. The number of hydrogen-bond donors (Lipinski definition) is 0. The van der Waals surface area contributed by atoms with Gasteiger partial charge in [0.1, 0.15) is 5.83 Å². The van der Waals surface area contributed by atoms with Crippen LogP contribution in [0.15, 0.2) is 102 Å². The third kappa shape index (κ3) is 6.81. The van der Waals surface area contributed by atoms with Gasteiger partial charge in [0.15, 0.2) is 0 Å². The fourth-order valence-electron chi connectivity index (χ4n) is 6.02. The predicted octanol–water partition coefficient (Wildman–Crippen LogP) is 9.68. The topological polar surface area (TPSA) is 20.3 Å². The average molecular weight is 544 g/mol. The number of likely N-dealkylation sites (tertiary alicyclic amines) is 1. The lowest BCUT2D eigenvalue weighted by molar-refractivity contribution is -0.112. The molecule has 2 nitrogen and oxygen atoms in total. The van der Waals surface area contributed by atoms with Gasteiger partial charge in [0.05, 0.1) is 6.04 Å². The third-order valence-electron chi connectivity index (χ3n) is 8.57. The molecule has 0 bridgehead atoms. The quantitative estimate of drug-likeness (QED) is 0.324. The Bertz CT molecular complexity index is 1260. The highest BCUT2D eigenvalue weighted by Gasteiger charge is 2.47. The maximum absolute atomic E-state index is 13.8. The molecule has 2 atom stereocenters. The molecule has 1 unspecified atom stereocenters. The van der Waals surface area contributed by atoms with Crippen LogP contribution in [-0.2, 0) is 11.2 Å². The van der Waals surface area contributed by atoms with E-state index >= 15 is 0 Å². The number of hydrogen-bond acceptors (Lipinski definition) is 2. The van der Waals surface area contributed by atoms with E-state index in [-0.39, 0.29) is 23.0 Å². The van der Waals surface area contributed by atoms with Crippen molar-refractivity contribution in [1.82, 2.24) is 4.90 Å². The lowest BCUT2D eigenvalue weighted by Crippen LogP contribution is -2.48. The van der Waals surface area contributed by atoms with E-state index in [1.807, 2.05) is 18.2 Å². The third-order valence-corrected chi connectivity index (χ3v) is 8.76. The van der Waals surface area contributed by atoms with Crippen molar-refractivity contribution in [2.45, 2.75) is 77.2 Å². The number of halogens is 2. The Labute approximate surface area is 237 Å². The summed E-state index contributed by atoms with van der Waals surface area (Å²) in [4.78, 5) is 13.8. The highest BCUT2D eigenvalue weighted by atomic mass is 35.5. The first-order valence-electron chi connectivity index (χ1n) is 14.5. The van der Waals surface area contributed by atoms with Crippen molar-refractivity contribution >= 4 is 16.8 Å². The van der Waals surface area contributed by atoms with Crippen LogP contribution in [0.3, 0.4) is 0 Å². The lowest BCUT2D eigenvalue weighted by atomic mass is 9.71. The molecule has 3 aliphatic carbocycles. The van der Waals surface area contributed by atoms with Crippen LogP contribution < -0.4 is 0 Å². The highest BCUT2D eigenvalue weighted by Crippen LogP contribution is 2.55. The van der Waals surface area contributed by atoms with Crippen LogP contribution in [0.2, 0.25) is 0 Å². The van der Waals surface area contributed by atoms with Gasteiger partial charge in [0.25, 0.3) is 0 Å². The second-order valence-corrected chi connectivity index (χ2v) is 11.8. The van der Waals surface area contributed by atoms with E-state index in [9.17, 15) is 9.18 Å². The molecule has 2 saturated carbocycles. The number of nitrogens with zero attached hydrogens (tertiary/aromatic N) is 1. The molecule has 0 radical (unpaired) electrons. The molecule has 0 amide bonds. The van der Waals surface area contributed by atoms with E-state index in [4.69, 9.17) is 11.6 Å². The van der Waals surface area contributed by atoms with E-state index in [0.29, 0.717) is 12.8 Å². The van der Waals surface area contributed by atoms with Gasteiger partial charge in [-0.05, 0) is 85.9 Å². The zero-order chi connectivity index (χ0) is 27.2. The zero-order valence-corrected chi connectivity index (χ0v) is 23.7. The average Bonchev–Trinajstić information content (AvgIpc) is 3.08. The molecule has 2 aromatic carbocycles. The fraction of sp³-hybridized carbons (Fsp3) is 0.400. The minimum Gasteiger partial charge on any atom is -0.337 e. The molecule has 0 aromatic heterocycles. The van der Waals surface area contributed by atoms with Gasteiger partial charge in [-0.1, -0.05) is 91.1 Å². The molecular formula is C35H39ClFNO. The number of rotatable bonds is 7. The summed E-state index contributed by atoms with van der Waals surface area (Å²) in [5, 5.41) is -0.280. The largest absolute Gasteiger partial charge is 0.337 e. The van der Waals surface area contributed by atoms with Crippen LogP contribution in [0.5, 0.6) is 0 Å². The number of aryl methyl sites for hydroxylation is 1. The number of allylic oxidation sites excluding steroid dienone is 6. The SMILES string of the molecule is Cc1ccc(C2[C@@H](CCC(=O)Cl)C(=C3CCC3)N2C2=CC=C(F)CC=C2)cc1.c1ccc(CC2CCC2)cc1. The van der Waals surface area contributed by atoms with Crippen LogP contribution in [0, 0.1) is 18.8 Å². The standard InChI is InChI=1S/C24H25ClFNO.C11H14/c1-16-8-10-18(11-9-16)24-21(14-15-22(25)28)23(17-4-2-5-17)27(24)20-7-3-6-19(26)12-13-20;1-2-5-10(6-3-1)9-11-7-4-8-11/h3,7-13,21,24H,2,4-6,14-15H2,1H3;1-3,5-6,11H,4,7-9H2/t21-,24?;/m0./s1. The van der Waals surface area contributed by atoms with Gasteiger partial charge in [-0.25, -0.2) is 4.39 Å².